The van der Waals surface area contributed by atoms with E-state index in [0.29, 0.717) is 19.2 Å². The predicted octanol–water partition coefficient (Wildman–Crippen LogP) is 2.49. The standard InChI is InChI=1S/C22H37N3O2/c1-2-24-11-13-25(14-12-24)17-21(26)18-27-22-10-6-7-19(15-22)16-23-20-8-4-3-5-9-20/h6-7,10,15,20-21,23,26H,2-5,8-9,11-14,16-18H2,1H3. The molecule has 2 aliphatic rings. The van der Waals surface area contributed by atoms with Crippen LogP contribution >= 0.6 is 0 Å². The fourth-order valence-electron chi connectivity index (χ4n) is 4.15. The molecule has 1 saturated carbocycles. The largest absolute Gasteiger partial charge is 0.491 e. The number of hydrogen-bond acceptors (Lipinski definition) is 5. The molecule has 1 aromatic carbocycles. The molecule has 1 heterocycles. The van der Waals surface area contributed by atoms with Gasteiger partial charge in [-0.3, -0.25) is 4.90 Å². The monoisotopic (exact) mass is 375 g/mol. The maximum atomic E-state index is 10.3. The van der Waals surface area contributed by atoms with Crippen LogP contribution in [0.15, 0.2) is 24.3 Å². The molecule has 5 heteroatoms. The molecule has 2 N–H and O–H groups in total. The van der Waals surface area contributed by atoms with Crippen molar-refractivity contribution in [3.8, 4) is 5.75 Å². The number of piperazine rings is 1. The highest BCUT2D eigenvalue weighted by Gasteiger charge is 2.18. The minimum absolute atomic E-state index is 0.355. The van der Waals surface area contributed by atoms with E-state index in [9.17, 15) is 5.11 Å². The maximum Gasteiger partial charge on any atom is 0.119 e. The van der Waals surface area contributed by atoms with Crippen molar-refractivity contribution in [3.63, 3.8) is 0 Å². The number of aliphatic hydroxyl groups excluding tert-OH is 1. The Bertz CT molecular complexity index is 540. The summed E-state index contributed by atoms with van der Waals surface area (Å²) in [6, 6.07) is 8.94. The normalized spacial score (nSPS) is 21.3. The minimum atomic E-state index is -0.442. The van der Waals surface area contributed by atoms with Crippen molar-refractivity contribution >= 4 is 0 Å². The lowest BCUT2D eigenvalue weighted by molar-refractivity contribution is 0.0471. The van der Waals surface area contributed by atoms with Crippen LogP contribution in [-0.4, -0.2) is 72.9 Å². The Morgan fingerprint density at radius 1 is 1.11 bits per heavy atom. The molecule has 0 spiro atoms. The van der Waals surface area contributed by atoms with Crippen molar-refractivity contribution < 1.29 is 9.84 Å². The van der Waals surface area contributed by atoms with E-state index < -0.39 is 6.10 Å². The Hall–Kier alpha value is -1.14. The lowest BCUT2D eigenvalue weighted by Crippen LogP contribution is -2.49. The molecule has 27 heavy (non-hydrogen) atoms. The number of hydrogen-bond donors (Lipinski definition) is 2. The van der Waals surface area contributed by atoms with Gasteiger partial charge in [0.15, 0.2) is 0 Å². The smallest absolute Gasteiger partial charge is 0.119 e. The highest BCUT2D eigenvalue weighted by molar-refractivity contribution is 5.28. The summed E-state index contributed by atoms with van der Waals surface area (Å²) in [5.74, 6) is 0.854. The molecule has 0 aromatic heterocycles. The van der Waals surface area contributed by atoms with Gasteiger partial charge < -0.3 is 20.1 Å². The van der Waals surface area contributed by atoms with E-state index in [4.69, 9.17) is 4.74 Å². The van der Waals surface area contributed by atoms with Gasteiger partial charge >= 0.3 is 0 Å². The molecule has 0 amide bonds. The van der Waals surface area contributed by atoms with Gasteiger partial charge in [-0.25, -0.2) is 0 Å². The maximum absolute atomic E-state index is 10.3. The van der Waals surface area contributed by atoms with Gasteiger partial charge in [0.25, 0.3) is 0 Å². The zero-order valence-corrected chi connectivity index (χ0v) is 16.9. The van der Waals surface area contributed by atoms with Crippen molar-refractivity contribution in [2.75, 3.05) is 45.9 Å². The molecule has 152 valence electrons. The van der Waals surface area contributed by atoms with Crippen LogP contribution in [-0.2, 0) is 6.54 Å². The Kier molecular flexibility index (Phi) is 8.39. The lowest BCUT2D eigenvalue weighted by atomic mass is 9.95. The van der Waals surface area contributed by atoms with Crippen LogP contribution in [0.4, 0.5) is 0 Å². The van der Waals surface area contributed by atoms with E-state index in [1.54, 1.807) is 0 Å². The molecule has 1 aliphatic heterocycles. The van der Waals surface area contributed by atoms with Crippen LogP contribution in [0.5, 0.6) is 5.75 Å². The number of aliphatic hydroxyl groups is 1. The summed E-state index contributed by atoms with van der Waals surface area (Å²) in [4.78, 5) is 4.79. The SMILES string of the molecule is CCN1CCN(CC(O)COc2cccc(CNC3CCCCC3)c2)CC1. The Morgan fingerprint density at radius 3 is 2.59 bits per heavy atom. The number of nitrogens with zero attached hydrogens (tertiary/aromatic N) is 2. The number of β-amino-alcohol motifs (C(OH)–C–C–N with tert-alkyl or cyclic N) is 1. The number of rotatable bonds is 9. The Morgan fingerprint density at radius 2 is 1.85 bits per heavy atom. The quantitative estimate of drug-likeness (QED) is 0.694. The summed E-state index contributed by atoms with van der Waals surface area (Å²) >= 11 is 0. The summed E-state index contributed by atoms with van der Waals surface area (Å²) in [7, 11) is 0. The molecule has 1 aromatic rings. The fraction of sp³-hybridized carbons (Fsp3) is 0.727. The van der Waals surface area contributed by atoms with Gasteiger partial charge in [0, 0.05) is 45.3 Å². The lowest BCUT2D eigenvalue weighted by Gasteiger charge is -2.34. The first kappa shape index (κ1) is 20.6. The summed E-state index contributed by atoms with van der Waals surface area (Å²) in [6.45, 7) is 9.53. The van der Waals surface area contributed by atoms with E-state index in [2.05, 4.69) is 34.2 Å². The second-order valence-electron chi connectivity index (χ2n) is 8.06. The summed E-state index contributed by atoms with van der Waals surface area (Å²) in [5.41, 5.74) is 1.25. The Labute approximate surface area is 164 Å². The average molecular weight is 376 g/mol. The molecule has 1 aliphatic carbocycles. The number of likely N-dealkylation sites (N-methyl/N-ethyl adjacent to an activating group) is 1. The first-order chi connectivity index (χ1) is 13.2. The van der Waals surface area contributed by atoms with Crippen LogP contribution in [0.1, 0.15) is 44.6 Å². The van der Waals surface area contributed by atoms with E-state index >= 15 is 0 Å². The Balaban J connectivity index is 1.37. The van der Waals surface area contributed by atoms with Gasteiger partial charge in [0.1, 0.15) is 18.5 Å². The van der Waals surface area contributed by atoms with Gasteiger partial charge in [-0.05, 0) is 37.1 Å². The third-order valence-corrected chi connectivity index (χ3v) is 5.92. The third-order valence-electron chi connectivity index (χ3n) is 5.92. The summed E-state index contributed by atoms with van der Waals surface area (Å²) in [6.07, 6.45) is 6.25. The van der Waals surface area contributed by atoms with Crippen LogP contribution in [0.25, 0.3) is 0 Å². The summed E-state index contributed by atoms with van der Waals surface area (Å²) < 4.78 is 5.87. The van der Waals surface area contributed by atoms with Crippen LogP contribution in [0.3, 0.4) is 0 Å². The number of benzene rings is 1. The van der Waals surface area contributed by atoms with Gasteiger partial charge in [0.2, 0.25) is 0 Å². The zero-order valence-electron chi connectivity index (χ0n) is 16.9. The van der Waals surface area contributed by atoms with Crippen molar-refractivity contribution in [2.45, 2.75) is 57.7 Å². The molecular weight excluding hydrogens is 338 g/mol. The highest BCUT2D eigenvalue weighted by atomic mass is 16.5. The van der Waals surface area contributed by atoms with E-state index in [-0.39, 0.29) is 0 Å². The van der Waals surface area contributed by atoms with Crippen LogP contribution in [0, 0.1) is 0 Å². The van der Waals surface area contributed by atoms with Gasteiger partial charge in [-0.15, -0.1) is 0 Å². The molecule has 1 unspecified atom stereocenters. The molecule has 2 fully saturated rings. The van der Waals surface area contributed by atoms with Crippen molar-refractivity contribution in [1.82, 2.24) is 15.1 Å². The van der Waals surface area contributed by atoms with Gasteiger partial charge in [-0.2, -0.15) is 0 Å². The minimum Gasteiger partial charge on any atom is -0.491 e. The van der Waals surface area contributed by atoms with Gasteiger partial charge in [0.05, 0.1) is 0 Å². The predicted molar refractivity (Wildman–Crippen MR) is 110 cm³/mol. The average Bonchev–Trinajstić information content (AvgIpc) is 2.72. The molecule has 5 nitrogen and oxygen atoms in total. The number of ether oxygens (including phenoxy) is 1. The number of nitrogens with one attached hydrogen (secondary N) is 1. The van der Waals surface area contributed by atoms with Crippen LogP contribution < -0.4 is 10.1 Å². The van der Waals surface area contributed by atoms with E-state index in [1.807, 2.05) is 12.1 Å². The second-order valence-corrected chi connectivity index (χ2v) is 8.06. The third kappa shape index (κ3) is 7.07. The molecule has 0 radical (unpaired) electrons. The molecule has 1 saturated heterocycles. The zero-order chi connectivity index (χ0) is 18.9. The molecule has 1 atom stereocenters. The van der Waals surface area contributed by atoms with E-state index in [1.165, 1.54) is 37.7 Å². The topological polar surface area (TPSA) is 48.0 Å². The van der Waals surface area contributed by atoms with Crippen molar-refractivity contribution in [2.24, 2.45) is 0 Å². The van der Waals surface area contributed by atoms with Crippen molar-refractivity contribution in [3.05, 3.63) is 29.8 Å². The highest BCUT2D eigenvalue weighted by Crippen LogP contribution is 2.19. The molecular formula is C22H37N3O2. The van der Waals surface area contributed by atoms with Crippen molar-refractivity contribution in [1.29, 1.82) is 0 Å². The fourth-order valence-corrected chi connectivity index (χ4v) is 4.15. The first-order valence-electron chi connectivity index (χ1n) is 10.8. The van der Waals surface area contributed by atoms with Gasteiger partial charge in [-0.1, -0.05) is 38.3 Å². The van der Waals surface area contributed by atoms with Crippen LogP contribution in [0.2, 0.25) is 0 Å². The second kappa shape index (κ2) is 11.0. The first-order valence-corrected chi connectivity index (χ1v) is 10.8. The van der Waals surface area contributed by atoms with E-state index in [0.717, 1.165) is 45.0 Å². The summed E-state index contributed by atoms with van der Waals surface area (Å²) in [5, 5.41) is 14.0. The molecule has 0 bridgehead atoms. The molecule has 3 rings (SSSR count).